The van der Waals surface area contributed by atoms with E-state index in [0.29, 0.717) is 18.3 Å². The number of sulfonamides is 1. The molecule has 2 rings (SSSR count). The molecule has 1 saturated heterocycles. The smallest absolute Gasteiger partial charge is 0.239 e. The van der Waals surface area contributed by atoms with Gasteiger partial charge in [0.2, 0.25) is 10.0 Å². The predicted octanol–water partition coefficient (Wildman–Crippen LogP) is 0.498. The second-order valence-electron chi connectivity index (χ2n) is 5.95. The molecular formula is C14H24N4O3S. The summed E-state index contributed by atoms with van der Waals surface area (Å²) in [4.78, 5) is 6.47. The number of morpholine rings is 1. The lowest BCUT2D eigenvalue weighted by Gasteiger charge is -2.34. The van der Waals surface area contributed by atoms with Gasteiger partial charge >= 0.3 is 0 Å². The molecule has 1 aromatic rings. The van der Waals surface area contributed by atoms with E-state index in [0.717, 1.165) is 26.2 Å². The minimum absolute atomic E-state index is 0.00933. The van der Waals surface area contributed by atoms with Crippen LogP contribution in [0.25, 0.3) is 0 Å². The van der Waals surface area contributed by atoms with Crippen molar-refractivity contribution in [3.8, 4) is 0 Å². The summed E-state index contributed by atoms with van der Waals surface area (Å²) in [6.45, 7) is 8.71. The van der Waals surface area contributed by atoms with Gasteiger partial charge in [0.05, 0.1) is 12.7 Å². The Kier molecular flexibility index (Phi) is 5.74. The molecule has 0 radical (unpaired) electrons. The van der Waals surface area contributed by atoms with Gasteiger partial charge in [-0.25, -0.2) is 18.5 Å². The molecule has 0 saturated carbocycles. The SMILES string of the molecule is CC(C)CN1CCOC(CNc2ccc(S(N)(=O)=O)cn2)C1. The van der Waals surface area contributed by atoms with Gasteiger partial charge in [0.25, 0.3) is 0 Å². The summed E-state index contributed by atoms with van der Waals surface area (Å²) in [6, 6.07) is 3.05. The Bertz CT molecular complexity index is 574. The average Bonchev–Trinajstić information content (AvgIpc) is 2.44. The minimum Gasteiger partial charge on any atom is -0.374 e. The number of nitrogens with one attached hydrogen (secondary N) is 1. The van der Waals surface area contributed by atoms with E-state index in [1.807, 2.05) is 0 Å². The van der Waals surface area contributed by atoms with Crippen molar-refractivity contribution < 1.29 is 13.2 Å². The molecule has 0 aliphatic carbocycles. The summed E-state index contributed by atoms with van der Waals surface area (Å²) in [6.07, 6.45) is 1.36. The van der Waals surface area contributed by atoms with Crippen molar-refractivity contribution in [3.05, 3.63) is 18.3 Å². The third-order valence-corrected chi connectivity index (χ3v) is 4.32. The van der Waals surface area contributed by atoms with Crippen LogP contribution in [-0.2, 0) is 14.8 Å². The third-order valence-electron chi connectivity index (χ3n) is 3.42. The molecule has 0 aromatic carbocycles. The highest BCUT2D eigenvalue weighted by Gasteiger charge is 2.20. The maximum absolute atomic E-state index is 11.2. The summed E-state index contributed by atoms with van der Waals surface area (Å²) in [5.41, 5.74) is 0. The maximum Gasteiger partial charge on any atom is 0.239 e. The van der Waals surface area contributed by atoms with Crippen molar-refractivity contribution in [2.75, 3.05) is 38.1 Å². The van der Waals surface area contributed by atoms with Gasteiger partial charge in [-0.3, -0.25) is 4.90 Å². The molecule has 1 aliphatic rings. The number of primary sulfonamides is 1. The molecule has 1 aromatic heterocycles. The van der Waals surface area contributed by atoms with Crippen LogP contribution < -0.4 is 10.5 Å². The highest BCUT2D eigenvalue weighted by atomic mass is 32.2. The van der Waals surface area contributed by atoms with Crippen LogP contribution in [0.15, 0.2) is 23.2 Å². The standard InChI is InChI=1S/C14H24N4O3S/c1-11(2)9-18-5-6-21-12(10-18)7-16-14-4-3-13(8-17-14)22(15,19)20/h3-4,8,11-12H,5-7,9-10H2,1-2H3,(H,16,17)(H2,15,19,20). The largest absolute Gasteiger partial charge is 0.374 e. The average molecular weight is 328 g/mol. The van der Waals surface area contributed by atoms with Crippen molar-refractivity contribution in [3.63, 3.8) is 0 Å². The monoisotopic (exact) mass is 328 g/mol. The predicted molar refractivity (Wildman–Crippen MR) is 85.1 cm³/mol. The van der Waals surface area contributed by atoms with E-state index in [1.54, 1.807) is 6.07 Å². The number of hydrogen-bond donors (Lipinski definition) is 2. The van der Waals surface area contributed by atoms with Crippen LogP contribution in [0.2, 0.25) is 0 Å². The zero-order valence-corrected chi connectivity index (χ0v) is 13.8. The highest BCUT2D eigenvalue weighted by molar-refractivity contribution is 7.89. The van der Waals surface area contributed by atoms with E-state index in [4.69, 9.17) is 9.88 Å². The normalized spacial score (nSPS) is 20.3. The lowest BCUT2D eigenvalue weighted by Crippen LogP contribution is -2.46. The van der Waals surface area contributed by atoms with Crippen LogP contribution in [0.4, 0.5) is 5.82 Å². The lowest BCUT2D eigenvalue weighted by molar-refractivity contribution is -0.0244. The Morgan fingerprint density at radius 3 is 2.86 bits per heavy atom. The van der Waals surface area contributed by atoms with E-state index in [2.05, 4.69) is 29.0 Å². The number of aromatic nitrogens is 1. The second-order valence-corrected chi connectivity index (χ2v) is 7.51. The number of anilines is 1. The molecular weight excluding hydrogens is 304 g/mol. The molecule has 8 heteroatoms. The number of pyridine rings is 1. The first kappa shape index (κ1) is 17.1. The van der Waals surface area contributed by atoms with Gasteiger partial charge in [0, 0.05) is 32.4 Å². The van der Waals surface area contributed by atoms with Crippen molar-refractivity contribution >= 4 is 15.8 Å². The molecule has 7 nitrogen and oxygen atoms in total. The summed E-state index contributed by atoms with van der Waals surface area (Å²) in [5, 5.41) is 8.21. The Morgan fingerprint density at radius 1 is 1.50 bits per heavy atom. The molecule has 0 spiro atoms. The minimum atomic E-state index is -3.70. The van der Waals surface area contributed by atoms with Crippen LogP contribution in [0.5, 0.6) is 0 Å². The fourth-order valence-electron chi connectivity index (χ4n) is 2.46. The van der Waals surface area contributed by atoms with Gasteiger partial charge < -0.3 is 10.1 Å². The molecule has 0 amide bonds. The zero-order valence-electron chi connectivity index (χ0n) is 13.0. The van der Waals surface area contributed by atoms with Gasteiger partial charge in [-0.05, 0) is 18.1 Å². The van der Waals surface area contributed by atoms with Crippen LogP contribution >= 0.6 is 0 Å². The topological polar surface area (TPSA) is 97.5 Å². The van der Waals surface area contributed by atoms with Gasteiger partial charge in [-0.1, -0.05) is 13.8 Å². The first-order valence-corrected chi connectivity index (χ1v) is 8.96. The highest BCUT2D eigenvalue weighted by Crippen LogP contribution is 2.11. The number of ether oxygens (including phenoxy) is 1. The molecule has 22 heavy (non-hydrogen) atoms. The first-order valence-electron chi connectivity index (χ1n) is 7.41. The first-order chi connectivity index (χ1) is 10.3. The number of hydrogen-bond acceptors (Lipinski definition) is 6. The summed E-state index contributed by atoms with van der Waals surface area (Å²) < 4.78 is 28.1. The van der Waals surface area contributed by atoms with Crippen molar-refractivity contribution in [1.82, 2.24) is 9.88 Å². The third kappa shape index (κ3) is 5.20. The summed E-state index contributed by atoms with van der Waals surface area (Å²) in [7, 11) is -3.70. The maximum atomic E-state index is 11.2. The van der Waals surface area contributed by atoms with Crippen LogP contribution in [0.3, 0.4) is 0 Å². The van der Waals surface area contributed by atoms with E-state index >= 15 is 0 Å². The number of rotatable bonds is 6. The van der Waals surface area contributed by atoms with Crippen LogP contribution in [0.1, 0.15) is 13.8 Å². The van der Waals surface area contributed by atoms with E-state index in [-0.39, 0.29) is 11.0 Å². The van der Waals surface area contributed by atoms with E-state index in [9.17, 15) is 8.42 Å². The Hall–Kier alpha value is -1.22. The molecule has 3 N–H and O–H groups in total. The van der Waals surface area contributed by atoms with Gasteiger partial charge in [0.15, 0.2) is 0 Å². The molecule has 1 unspecified atom stereocenters. The van der Waals surface area contributed by atoms with Gasteiger partial charge in [0.1, 0.15) is 10.7 Å². The van der Waals surface area contributed by atoms with Gasteiger partial charge in [-0.15, -0.1) is 0 Å². The molecule has 124 valence electrons. The van der Waals surface area contributed by atoms with Crippen LogP contribution in [-0.4, -0.2) is 57.2 Å². The van der Waals surface area contributed by atoms with Crippen molar-refractivity contribution in [2.24, 2.45) is 11.1 Å². The van der Waals surface area contributed by atoms with Crippen molar-refractivity contribution in [2.45, 2.75) is 24.8 Å². The summed E-state index contributed by atoms with van der Waals surface area (Å²) in [5.74, 6) is 1.25. The summed E-state index contributed by atoms with van der Waals surface area (Å²) >= 11 is 0. The number of nitrogens with two attached hydrogens (primary N) is 1. The van der Waals surface area contributed by atoms with Gasteiger partial charge in [-0.2, -0.15) is 0 Å². The Morgan fingerprint density at radius 2 is 2.27 bits per heavy atom. The van der Waals surface area contributed by atoms with Crippen molar-refractivity contribution in [1.29, 1.82) is 0 Å². The Labute approximate surface area is 131 Å². The lowest BCUT2D eigenvalue weighted by atomic mass is 10.2. The molecule has 1 atom stereocenters. The Balaban J connectivity index is 1.85. The molecule has 0 bridgehead atoms. The zero-order chi connectivity index (χ0) is 16.2. The molecule has 1 aliphatic heterocycles. The fourth-order valence-corrected chi connectivity index (χ4v) is 2.92. The number of nitrogens with zero attached hydrogens (tertiary/aromatic N) is 2. The van der Waals surface area contributed by atoms with E-state index < -0.39 is 10.0 Å². The fraction of sp³-hybridized carbons (Fsp3) is 0.643. The van der Waals surface area contributed by atoms with E-state index in [1.165, 1.54) is 12.3 Å². The molecule has 2 heterocycles. The second kappa shape index (κ2) is 7.36. The van der Waals surface area contributed by atoms with Crippen LogP contribution in [0, 0.1) is 5.92 Å². The molecule has 1 fully saturated rings. The quantitative estimate of drug-likeness (QED) is 0.789.